The summed E-state index contributed by atoms with van der Waals surface area (Å²) >= 11 is 12.0. The molecule has 0 atom stereocenters. The molecule has 1 heterocycles. The van der Waals surface area contributed by atoms with Crippen LogP contribution in [0.4, 0.5) is 0 Å². The van der Waals surface area contributed by atoms with Gasteiger partial charge < -0.3 is 9.72 Å². The summed E-state index contributed by atoms with van der Waals surface area (Å²) in [6.07, 6.45) is 3.32. The molecule has 0 spiro atoms. The zero-order valence-corrected chi connectivity index (χ0v) is 13.9. The largest absolute Gasteiger partial charge is 0.493 e. The van der Waals surface area contributed by atoms with E-state index in [2.05, 4.69) is 9.97 Å². The second kappa shape index (κ2) is 7.53. The minimum absolute atomic E-state index is 0.568. The Balaban J connectivity index is 1.54. The number of imidazole rings is 1. The van der Waals surface area contributed by atoms with Crippen molar-refractivity contribution in [1.29, 1.82) is 0 Å². The van der Waals surface area contributed by atoms with Crippen molar-refractivity contribution in [2.75, 3.05) is 6.61 Å². The molecular weight excluding hydrogens is 331 g/mol. The van der Waals surface area contributed by atoms with Crippen LogP contribution in [-0.2, 0) is 12.8 Å². The number of benzene rings is 2. The van der Waals surface area contributed by atoms with Crippen LogP contribution in [0.25, 0.3) is 0 Å². The predicted molar refractivity (Wildman–Crippen MR) is 93.5 cm³/mol. The van der Waals surface area contributed by atoms with Crippen LogP contribution in [0, 0.1) is 0 Å². The molecule has 3 nitrogen and oxygen atoms in total. The van der Waals surface area contributed by atoms with Gasteiger partial charge >= 0.3 is 0 Å². The van der Waals surface area contributed by atoms with Crippen molar-refractivity contribution in [3.8, 4) is 5.75 Å². The molecule has 2 aromatic carbocycles. The number of ether oxygens (including phenoxy) is 1. The van der Waals surface area contributed by atoms with E-state index in [-0.39, 0.29) is 0 Å². The van der Waals surface area contributed by atoms with Gasteiger partial charge in [0.25, 0.3) is 0 Å². The Bertz CT molecular complexity index is 772. The number of halogens is 2. The van der Waals surface area contributed by atoms with E-state index in [0.717, 1.165) is 35.7 Å². The molecule has 0 aliphatic heterocycles. The summed E-state index contributed by atoms with van der Waals surface area (Å²) in [4.78, 5) is 7.70. The highest BCUT2D eigenvalue weighted by atomic mass is 35.5. The first-order valence-corrected chi connectivity index (χ1v) is 8.11. The Morgan fingerprint density at radius 1 is 1.00 bits per heavy atom. The highest BCUT2D eigenvalue weighted by molar-refractivity contribution is 6.42. The van der Waals surface area contributed by atoms with E-state index in [9.17, 15) is 0 Å². The number of H-pyrrole nitrogens is 1. The van der Waals surface area contributed by atoms with Crippen molar-refractivity contribution in [3.05, 3.63) is 81.9 Å². The lowest BCUT2D eigenvalue weighted by Crippen LogP contribution is -2.02. The lowest BCUT2D eigenvalue weighted by Gasteiger charge is -2.04. The number of para-hydroxylation sites is 1. The van der Waals surface area contributed by atoms with Gasteiger partial charge in [0.05, 0.1) is 16.7 Å². The van der Waals surface area contributed by atoms with E-state index < -0.39 is 0 Å². The summed E-state index contributed by atoms with van der Waals surface area (Å²) in [6.45, 7) is 0.587. The van der Waals surface area contributed by atoms with Crippen LogP contribution in [0.3, 0.4) is 0 Å². The zero-order chi connectivity index (χ0) is 16.1. The lowest BCUT2D eigenvalue weighted by atomic mass is 10.1. The van der Waals surface area contributed by atoms with Crippen LogP contribution in [0.5, 0.6) is 5.75 Å². The highest BCUT2D eigenvalue weighted by Gasteiger charge is 2.05. The Hall–Kier alpha value is -1.97. The predicted octanol–water partition coefficient (Wildman–Crippen LogP) is 4.93. The highest BCUT2D eigenvalue weighted by Crippen LogP contribution is 2.23. The average Bonchev–Trinajstić information content (AvgIpc) is 2.99. The van der Waals surface area contributed by atoms with Crippen LogP contribution >= 0.6 is 23.2 Å². The number of rotatable bonds is 6. The monoisotopic (exact) mass is 346 g/mol. The standard InChI is InChI=1S/C18H16Cl2N2O/c19-16-7-6-13(11-17(16)20)10-14-12-21-18(22-14)8-9-23-15-4-2-1-3-5-15/h1-7,11-12H,8-10H2,(H,21,22). The third-order valence-electron chi connectivity index (χ3n) is 3.41. The van der Waals surface area contributed by atoms with Gasteiger partial charge in [-0.05, 0) is 29.8 Å². The maximum Gasteiger partial charge on any atom is 0.119 e. The lowest BCUT2D eigenvalue weighted by molar-refractivity contribution is 0.319. The zero-order valence-electron chi connectivity index (χ0n) is 12.4. The fraction of sp³-hybridized carbons (Fsp3) is 0.167. The fourth-order valence-electron chi connectivity index (χ4n) is 2.27. The quantitative estimate of drug-likeness (QED) is 0.687. The molecule has 1 aromatic heterocycles. The SMILES string of the molecule is Clc1ccc(Cc2cnc(CCOc3ccccc3)[nH]2)cc1Cl. The molecule has 0 aliphatic rings. The topological polar surface area (TPSA) is 37.9 Å². The molecule has 118 valence electrons. The van der Waals surface area contributed by atoms with E-state index >= 15 is 0 Å². The molecule has 3 rings (SSSR count). The molecule has 0 radical (unpaired) electrons. The molecular formula is C18H16Cl2N2O. The number of hydrogen-bond donors (Lipinski definition) is 1. The minimum atomic E-state index is 0.568. The second-order valence-electron chi connectivity index (χ2n) is 5.19. The van der Waals surface area contributed by atoms with Gasteiger partial charge in [-0.1, -0.05) is 47.5 Å². The molecule has 0 saturated carbocycles. The average molecular weight is 347 g/mol. The molecule has 3 aromatic rings. The van der Waals surface area contributed by atoms with Gasteiger partial charge in [0.15, 0.2) is 0 Å². The van der Waals surface area contributed by atoms with Crippen LogP contribution in [0.2, 0.25) is 10.0 Å². The van der Waals surface area contributed by atoms with E-state index in [4.69, 9.17) is 27.9 Å². The van der Waals surface area contributed by atoms with E-state index in [0.29, 0.717) is 16.7 Å². The van der Waals surface area contributed by atoms with Gasteiger partial charge in [-0.25, -0.2) is 4.98 Å². The van der Waals surface area contributed by atoms with Gasteiger partial charge in [0, 0.05) is 24.7 Å². The maximum atomic E-state index is 6.04. The smallest absolute Gasteiger partial charge is 0.119 e. The first kappa shape index (κ1) is 15.9. The van der Waals surface area contributed by atoms with Crippen molar-refractivity contribution in [3.63, 3.8) is 0 Å². The molecule has 23 heavy (non-hydrogen) atoms. The number of aromatic nitrogens is 2. The Morgan fingerprint density at radius 3 is 2.61 bits per heavy atom. The Labute approximate surface area is 145 Å². The van der Waals surface area contributed by atoms with Crippen LogP contribution < -0.4 is 4.74 Å². The molecule has 0 unspecified atom stereocenters. The summed E-state index contributed by atoms with van der Waals surface area (Å²) in [5, 5.41) is 1.14. The van der Waals surface area contributed by atoms with Crippen molar-refractivity contribution < 1.29 is 4.74 Å². The molecule has 0 saturated heterocycles. The van der Waals surface area contributed by atoms with Gasteiger partial charge in [-0.3, -0.25) is 0 Å². The van der Waals surface area contributed by atoms with Crippen molar-refractivity contribution >= 4 is 23.2 Å². The summed E-state index contributed by atoms with van der Waals surface area (Å²) < 4.78 is 5.67. The van der Waals surface area contributed by atoms with Crippen molar-refractivity contribution in [2.45, 2.75) is 12.8 Å². The first-order chi connectivity index (χ1) is 11.2. The summed E-state index contributed by atoms with van der Waals surface area (Å²) in [5.41, 5.74) is 2.13. The molecule has 0 bridgehead atoms. The Morgan fingerprint density at radius 2 is 1.83 bits per heavy atom. The van der Waals surface area contributed by atoms with Crippen molar-refractivity contribution in [1.82, 2.24) is 9.97 Å². The van der Waals surface area contributed by atoms with Crippen LogP contribution in [0.15, 0.2) is 54.7 Å². The van der Waals surface area contributed by atoms with Crippen molar-refractivity contribution in [2.24, 2.45) is 0 Å². The number of aromatic amines is 1. The number of nitrogens with one attached hydrogen (secondary N) is 1. The van der Waals surface area contributed by atoms with E-state index in [1.165, 1.54) is 0 Å². The molecule has 0 aliphatic carbocycles. The first-order valence-electron chi connectivity index (χ1n) is 7.35. The van der Waals surface area contributed by atoms with Gasteiger partial charge in [0.1, 0.15) is 11.6 Å². The van der Waals surface area contributed by atoms with E-state index in [1.807, 2.05) is 54.7 Å². The molecule has 1 N–H and O–H groups in total. The third kappa shape index (κ3) is 4.50. The normalized spacial score (nSPS) is 10.7. The molecule has 0 amide bonds. The Kier molecular flexibility index (Phi) is 5.21. The van der Waals surface area contributed by atoms with E-state index in [1.54, 1.807) is 0 Å². The molecule has 5 heteroatoms. The summed E-state index contributed by atoms with van der Waals surface area (Å²) in [6, 6.07) is 15.4. The fourth-order valence-corrected chi connectivity index (χ4v) is 2.60. The van der Waals surface area contributed by atoms with Gasteiger partial charge in [-0.15, -0.1) is 0 Å². The minimum Gasteiger partial charge on any atom is -0.493 e. The summed E-state index contributed by atoms with van der Waals surface area (Å²) in [5.74, 6) is 1.78. The number of nitrogens with zero attached hydrogens (tertiary/aromatic N) is 1. The summed E-state index contributed by atoms with van der Waals surface area (Å²) in [7, 11) is 0. The maximum absolute atomic E-state index is 6.04. The van der Waals surface area contributed by atoms with Crippen LogP contribution in [0.1, 0.15) is 17.1 Å². The van der Waals surface area contributed by atoms with Gasteiger partial charge in [-0.2, -0.15) is 0 Å². The van der Waals surface area contributed by atoms with Crippen LogP contribution in [-0.4, -0.2) is 16.6 Å². The molecule has 0 fully saturated rings. The van der Waals surface area contributed by atoms with Gasteiger partial charge in [0.2, 0.25) is 0 Å². The second-order valence-corrected chi connectivity index (χ2v) is 6.01. The number of hydrogen-bond acceptors (Lipinski definition) is 2. The third-order valence-corrected chi connectivity index (χ3v) is 4.15.